The standard InChI is InChI=1S/C21H30ClN5OS/c1-3-23-21(24-9-8-17-5-7-20(22)25-14-17)26-15-18(19-6-4-16(2)29-19)27-10-12-28-13-11-27/h4-7,14,18H,3,8-13,15H2,1-2H3,(H2,23,24,26). The first-order valence-corrected chi connectivity index (χ1v) is 11.4. The molecule has 1 aliphatic heterocycles. The molecule has 1 fully saturated rings. The number of thiophene rings is 1. The van der Waals surface area contributed by atoms with Crippen LogP contribution in [0.15, 0.2) is 35.5 Å². The van der Waals surface area contributed by atoms with Crippen molar-refractivity contribution < 1.29 is 4.74 Å². The fourth-order valence-corrected chi connectivity index (χ4v) is 4.42. The highest BCUT2D eigenvalue weighted by Gasteiger charge is 2.23. The number of pyridine rings is 1. The van der Waals surface area contributed by atoms with E-state index in [9.17, 15) is 0 Å². The number of hydrogen-bond donors (Lipinski definition) is 2. The third-order valence-corrected chi connectivity index (χ3v) is 6.16. The van der Waals surface area contributed by atoms with Gasteiger partial charge in [-0.05, 0) is 44.0 Å². The third kappa shape index (κ3) is 6.96. The topological polar surface area (TPSA) is 61.8 Å². The molecule has 1 unspecified atom stereocenters. The Balaban J connectivity index is 1.62. The molecule has 0 aromatic carbocycles. The van der Waals surface area contributed by atoms with Gasteiger partial charge in [-0.2, -0.15) is 0 Å². The molecule has 0 aliphatic carbocycles. The number of morpholine rings is 1. The van der Waals surface area contributed by atoms with Crippen LogP contribution in [0.4, 0.5) is 0 Å². The van der Waals surface area contributed by atoms with Crippen LogP contribution in [0.25, 0.3) is 0 Å². The molecule has 29 heavy (non-hydrogen) atoms. The predicted molar refractivity (Wildman–Crippen MR) is 121 cm³/mol. The minimum Gasteiger partial charge on any atom is -0.379 e. The van der Waals surface area contributed by atoms with Crippen molar-refractivity contribution in [3.8, 4) is 0 Å². The fraction of sp³-hybridized carbons (Fsp3) is 0.524. The van der Waals surface area contributed by atoms with Crippen molar-refractivity contribution in [1.29, 1.82) is 0 Å². The molecule has 158 valence electrons. The number of aromatic nitrogens is 1. The zero-order chi connectivity index (χ0) is 20.5. The molecule has 6 nitrogen and oxygen atoms in total. The number of nitrogens with zero attached hydrogens (tertiary/aromatic N) is 3. The van der Waals surface area contributed by atoms with E-state index in [2.05, 4.69) is 46.5 Å². The van der Waals surface area contributed by atoms with Gasteiger partial charge in [-0.15, -0.1) is 11.3 Å². The monoisotopic (exact) mass is 435 g/mol. The number of hydrogen-bond acceptors (Lipinski definition) is 5. The van der Waals surface area contributed by atoms with Crippen molar-refractivity contribution in [2.45, 2.75) is 26.3 Å². The van der Waals surface area contributed by atoms with Crippen LogP contribution < -0.4 is 10.6 Å². The highest BCUT2D eigenvalue weighted by Crippen LogP contribution is 2.28. The van der Waals surface area contributed by atoms with E-state index in [0.717, 1.165) is 63.9 Å². The summed E-state index contributed by atoms with van der Waals surface area (Å²) in [7, 11) is 0. The summed E-state index contributed by atoms with van der Waals surface area (Å²) in [5.41, 5.74) is 1.15. The van der Waals surface area contributed by atoms with Crippen LogP contribution in [-0.2, 0) is 11.2 Å². The zero-order valence-electron chi connectivity index (χ0n) is 17.2. The van der Waals surface area contributed by atoms with Crippen molar-refractivity contribution in [3.05, 3.63) is 50.9 Å². The average molecular weight is 436 g/mol. The first-order chi connectivity index (χ1) is 14.2. The number of aliphatic imine (C=N–C) groups is 1. The molecule has 1 atom stereocenters. The first kappa shape index (κ1) is 22.0. The van der Waals surface area contributed by atoms with E-state index < -0.39 is 0 Å². The van der Waals surface area contributed by atoms with Crippen molar-refractivity contribution >= 4 is 28.9 Å². The lowest BCUT2D eigenvalue weighted by atomic mass is 10.2. The molecule has 8 heteroatoms. The van der Waals surface area contributed by atoms with Crippen LogP contribution in [0.1, 0.15) is 28.3 Å². The van der Waals surface area contributed by atoms with Gasteiger partial charge in [-0.25, -0.2) is 4.98 Å². The Hall–Kier alpha value is -1.67. The maximum atomic E-state index is 5.86. The molecule has 1 aliphatic rings. The summed E-state index contributed by atoms with van der Waals surface area (Å²) < 4.78 is 5.55. The van der Waals surface area contributed by atoms with Gasteiger partial charge in [0.05, 0.1) is 25.8 Å². The van der Waals surface area contributed by atoms with Gasteiger partial charge in [0, 0.05) is 42.1 Å². The van der Waals surface area contributed by atoms with E-state index >= 15 is 0 Å². The predicted octanol–water partition coefficient (Wildman–Crippen LogP) is 3.28. The largest absolute Gasteiger partial charge is 0.379 e. The number of halogens is 1. The minimum absolute atomic E-state index is 0.286. The van der Waals surface area contributed by atoms with Gasteiger partial charge < -0.3 is 15.4 Å². The first-order valence-electron chi connectivity index (χ1n) is 10.2. The van der Waals surface area contributed by atoms with Gasteiger partial charge in [-0.1, -0.05) is 17.7 Å². The Labute approximate surface area is 182 Å². The van der Waals surface area contributed by atoms with Crippen molar-refractivity contribution in [2.75, 3.05) is 45.9 Å². The van der Waals surface area contributed by atoms with Gasteiger partial charge in [0.2, 0.25) is 0 Å². The molecule has 0 radical (unpaired) electrons. The lowest BCUT2D eigenvalue weighted by molar-refractivity contribution is 0.0186. The van der Waals surface area contributed by atoms with Crippen LogP contribution in [0.2, 0.25) is 5.15 Å². The van der Waals surface area contributed by atoms with Gasteiger partial charge in [0.1, 0.15) is 5.15 Å². The van der Waals surface area contributed by atoms with Gasteiger partial charge >= 0.3 is 0 Å². The van der Waals surface area contributed by atoms with Gasteiger partial charge in [0.15, 0.2) is 5.96 Å². The normalized spacial score (nSPS) is 16.6. The highest BCUT2D eigenvalue weighted by molar-refractivity contribution is 7.12. The van der Waals surface area contributed by atoms with Crippen LogP contribution in [-0.4, -0.2) is 61.8 Å². The van der Waals surface area contributed by atoms with Crippen molar-refractivity contribution in [3.63, 3.8) is 0 Å². The summed E-state index contributed by atoms with van der Waals surface area (Å²) >= 11 is 7.72. The number of nitrogens with one attached hydrogen (secondary N) is 2. The second-order valence-electron chi connectivity index (χ2n) is 7.00. The fourth-order valence-electron chi connectivity index (χ4n) is 3.31. The number of ether oxygens (including phenoxy) is 1. The van der Waals surface area contributed by atoms with E-state index in [1.165, 1.54) is 9.75 Å². The number of guanidine groups is 1. The average Bonchev–Trinajstić information content (AvgIpc) is 3.16. The Kier molecular flexibility index (Phi) is 8.73. The maximum absolute atomic E-state index is 5.86. The molecular weight excluding hydrogens is 406 g/mol. The summed E-state index contributed by atoms with van der Waals surface area (Å²) in [5.74, 6) is 0.848. The van der Waals surface area contributed by atoms with E-state index in [1.807, 2.05) is 29.7 Å². The van der Waals surface area contributed by atoms with E-state index in [0.29, 0.717) is 5.15 Å². The van der Waals surface area contributed by atoms with Gasteiger partial charge in [0.25, 0.3) is 0 Å². The van der Waals surface area contributed by atoms with E-state index in [4.69, 9.17) is 21.3 Å². The summed E-state index contributed by atoms with van der Waals surface area (Å²) in [6.45, 7) is 10.1. The molecule has 3 rings (SSSR count). The molecule has 0 spiro atoms. The van der Waals surface area contributed by atoms with Crippen molar-refractivity contribution in [2.24, 2.45) is 4.99 Å². The van der Waals surface area contributed by atoms with E-state index in [-0.39, 0.29) is 6.04 Å². The van der Waals surface area contributed by atoms with E-state index in [1.54, 1.807) is 0 Å². The molecular formula is C21H30ClN5OS. The lowest BCUT2D eigenvalue weighted by Gasteiger charge is -2.33. The molecule has 3 heterocycles. The van der Waals surface area contributed by atoms with Crippen LogP contribution in [0.3, 0.4) is 0 Å². The molecule has 0 bridgehead atoms. The summed E-state index contributed by atoms with van der Waals surface area (Å²) in [6.07, 6.45) is 2.69. The van der Waals surface area contributed by atoms with Crippen molar-refractivity contribution in [1.82, 2.24) is 20.5 Å². The van der Waals surface area contributed by atoms with Crippen LogP contribution in [0, 0.1) is 6.92 Å². The molecule has 1 saturated heterocycles. The maximum Gasteiger partial charge on any atom is 0.191 e. The Morgan fingerprint density at radius 1 is 1.28 bits per heavy atom. The number of aryl methyl sites for hydroxylation is 1. The lowest BCUT2D eigenvalue weighted by Crippen LogP contribution is -2.42. The van der Waals surface area contributed by atoms with Crippen LogP contribution >= 0.6 is 22.9 Å². The third-order valence-electron chi connectivity index (χ3n) is 4.84. The second-order valence-corrected chi connectivity index (χ2v) is 8.70. The SMILES string of the molecule is CCNC(=NCC(c1ccc(C)s1)N1CCOCC1)NCCc1ccc(Cl)nc1. The Morgan fingerprint density at radius 2 is 2.10 bits per heavy atom. The molecule has 2 N–H and O–H groups in total. The Morgan fingerprint density at radius 3 is 2.76 bits per heavy atom. The summed E-state index contributed by atoms with van der Waals surface area (Å²) in [5, 5.41) is 7.32. The summed E-state index contributed by atoms with van der Waals surface area (Å²) in [4.78, 5) is 14.2. The quantitative estimate of drug-likeness (QED) is 0.378. The summed E-state index contributed by atoms with van der Waals surface area (Å²) in [6, 6.07) is 8.55. The molecule has 0 saturated carbocycles. The Bertz CT molecular complexity index is 774. The minimum atomic E-state index is 0.286. The molecule has 2 aromatic heterocycles. The highest BCUT2D eigenvalue weighted by atomic mass is 35.5. The second kappa shape index (κ2) is 11.5. The zero-order valence-corrected chi connectivity index (χ0v) is 18.7. The van der Waals surface area contributed by atoms with Crippen LogP contribution in [0.5, 0.6) is 0 Å². The molecule has 2 aromatic rings. The van der Waals surface area contributed by atoms with Gasteiger partial charge in [-0.3, -0.25) is 9.89 Å². The smallest absolute Gasteiger partial charge is 0.191 e. The number of rotatable bonds is 8. The molecule has 0 amide bonds.